The molecule has 3 aromatic rings. The second-order valence-corrected chi connectivity index (χ2v) is 9.51. The van der Waals surface area contributed by atoms with Crippen molar-refractivity contribution >= 4 is 5.91 Å². The number of benzene rings is 3. The zero-order chi connectivity index (χ0) is 26.0. The Morgan fingerprint density at radius 1 is 1.03 bits per heavy atom. The first-order valence-corrected chi connectivity index (χ1v) is 12.0. The van der Waals surface area contributed by atoms with Gasteiger partial charge >= 0.3 is 6.18 Å². The first-order valence-electron chi connectivity index (χ1n) is 12.0. The van der Waals surface area contributed by atoms with Crippen LogP contribution >= 0.6 is 0 Å². The number of piperidine rings is 1. The molecule has 0 aliphatic carbocycles. The lowest BCUT2D eigenvalue weighted by molar-refractivity contribution is -0.137. The van der Waals surface area contributed by atoms with Crippen LogP contribution in [0, 0.1) is 5.82 Å². The van der Waals surface area contributed by atoms with E-state index in [2.05, 4.69) is 0 Å². The summed E-state index contributed by atoms with van der Waals surface area (Å²) in [6, 6.07) is 16.2. The van der Waals surface area contributed by atoms with Crippen molar-refractivity contribution in [3.63, 3.8) is 0 Å². The normalized spacial score (nSPS) is 16.5. The maximum absolute atomic E-state index is 14.6. The average Bonchev–Trinajstić information content (AvgIpc) is 2.85. The van der Waals surface area contributed by atoms with Gasteiger partial charge in [-0.25, -0.2) is 4.39 Å². The van der Waals surface area contributed by atoms with Crippen molar-refractivity contribution in [2.75, 3.05) is 13.7 Å². The maximum atomic E-state index is 14.6. The van der Waals surface area contributed by atoms with Crippen LogP contribution in [0.15, 0.2) is 60.7 Å². The number of ether oxygens (including phenoxy) is 1. The number of rotatable bonds is 6. The van der Waals surface area contributed by atoms with E-state index < -0.39 is 17.6 Å². The van der Waals surface area contributed by atoms with Crippen LogP contribution in [0.4, 0.5) is 17.6 Å². The Balaban J connectivity index is 1.72. The summed E-state index contributed by atoms with van der Waals surface area (Å²) in [4.78, 5) is 14.7. The van der Waals surface area contributed by atoms with Gasteiger partial charge in [0.1, 0.15) is 11.6 Å². The highest BCUT2D eigenvalue weighted by molar-refractivity contribution is 5.79. The number of carbonyl (C=O) groups is 1. The van der Waals surface area contributed by atoms with Gasteiger partial charge in [0.25, 0.3) is 0 Å². The minimum absolute atomic E-state index is 0.0249. The van der Waals surface area contributed by atoms with Gasteiger partial charge in [-0.3, -0.25) is 4.79 Å². The van der Waals surface area contributed by atoms with Crippen LogP contribution in [0.3, 0.4) is 0 Å². The van der Waals surface area contributed by atoms with Crippen LogP contribution in [0.5, 0.6) is 5.75 Å². The summed E-state index contributed by atoms with van der Waals surface area (Å²) in [6.07, 6.45) is -3.51. The van der Waals surface area contributed by atoms with Gasteiger partial charge in [-0.2, -0.15) is 13.2 Å². The predicted octanol–water partition coefficient (Wildman–Crippen LogP) is 7.55. The Labute approximate surface area is 208 Å². The molecule has 1 aliphatic rings. The van der Waals surface area contributed by atoms with Crippen molar-refractivity contribution in [3.05, 3.63) is 88.7 Å². The molecule has 1 fully saturated rings. The van der Waals surface area contributed by atoms with Gasteiger partial charge in [-0.15, -0.1) is 0 Å². The van der Waals surface area contributed by atoms with Crippen LogP contribution < -0.4 is 4.74 Å². The van der Waals surface area contributed by atoms with Crippen molar-refractivity contribution < 1.29 is 27.1 Å². The highest BCUT2D eigenvalue weighted by atomic mass is 19.4. The second-order valence-electron chi connectivity index (χ2n) is 9.51. The molecule has 7 heteroatoms. The number of nitrogens with zero attached hydrogens (tertiary/aromatic N) is 1. The fraction of sp³-hybridized carbons (Fsp3) is 0.345. The summed E-state index contributed by atoms with van der Waals surface area (Å²) >= 11 is 0. The Morgan fingerprint density at radius 2 is 1.75 bits per heavy atom. The van der Waals surface area contributed by atoms with Gasteiger partial charge in [0.05, 0.1) is 12.7 Å². The molecule has 0 radical (unpaired) electrons. The molecule has 36 heavy (non-hydrogen) atoms. The third-order valence-electron chi connectivity index (χ3n) is 6.82. The van der Waals surface area contributed by atoms with E-state index in [1.54, 1.807) is 11.0 Å². The molecule has 3 nitrogen and oxygen atoms in total. The van der Waals surface area contributed by atoms with Gasteiger partial charge in [0, 0.05) is 31.1 Å². The second kappa shape index (κ2) is 10.3. The Bertz CT molecular complexity index is 1240. The highest BCUT2D eigenvalue weighted by Gasteiger charge is 2.33. The molecule has 1 atom stereocenters. The number of hydrogen-bond donors (Lipinski definition) is 0. The number of carbonyl (C=O) groups excluding carboxylic acids is 1. The summed E-state index contributed by atoms with van der Waals surface area (Å²) in [5, 5.41) is 0. The molecule has 0 spiro atoms. The van der Waals surface area contributed by atoms with E-state index in [0.29, 0.717) is 35.2 Å². The molecule has 1 saturated heterocycles. The van der Waals surface area contributed by atoms with Gasteiger partial charge < -0.3 is 9.64 Å². The lowest BCUT2D eigenvalue weighted by atomic mass is 9.88. The summed E-state index contributed by atoms with van der Waals surface area (Å²) in [6.45, 7) is 4.15. The standard InChI is InChI=1S/C29H29F4NO2/c1-18(2)24-15-25(27(36-3)16-26(24)30)23-10-9-22(29(31,32)33)13-21(23)17-34-12-11-20(14-28(34)35)19-7-5-4-6-8-19/h4-10,13,15-16,18,20H,11-12,14,17H2,1-3H3. The molecule has 4 rings (SSSR count). The molecule has 1 heterocycles. The number of halogens is 4. The monoisotopic (exact) mass is 499 g/mol. The van der Waals surface area contributed by atoms with E-state index in [9.17, 15) is 22.4 Å². The number of amides is 1. The largest absolute Gasteiger partial charge is 0.496 e. The van der Waals surface area contributed by atoms with Crippen molar-refractivity contribution in [3.8, 4) is 16.9 Å². The summed E-state index contributed by atoms with van der Waals surface area (Å²) in [5.41, 5.74) is 2.06. The third-order valence-corrected chi connectivity index (χ3v) is 6.82. The minimum Gasteiger partial charge on any atom is -0.496 e. The fourth-order valence-electron chi connectivity index (χ4n) is 4.82. The highest BCUT2D eigenvalue weighted by Crippen LogP contribution is 2.40. The Morgan fingerprint density at radius 3 is 2.36 bits per heavy atom. The number of hydrogen-bond acceptors (Lipinski definition) is 2. The van der Waals surface area contributed by atoms with Crippen LogP contribution in [-0.2, 0) is 17.5 Å². The summed E-state index contributed by atoms with van der Waals surface area (Å²) < 4.78 is 60.9. The SMILES string of the molecule is COc1cc(F)c(C(C)C)cc1-c1ccc(C(F)(F)F)cc1CN1CCC(c2ccccc2)CC1=O. The topological polar surface area (TPSA) is 29.5 Å². The van der Waals surface area contributed by atoms with Gasteiger partial charge in [0.2, 0.25) is 5.91 Å². The smallest absolute Gasteiger partial charge is 0.416 e. The number of likely N-dealkylation sites (tertiary alicyclic amines) is 1. The average molecular weight is 500 g/mol. The Kier molecular flexibility index (Phi) is 7.38. The minimum atomic E-state index is -4.53. The fourth-order valence-corrected chi connectivity index (χ4v) is 4.82. The summed E-state index contributed by atoms with van der Waals surface area (Å²) in [7, 11) is 1.40. The molecule has 1 aliphatic heterocycles. The molecule has 0 bridgehead atoms. The van der Waals surface area contributed by atoms with Crippen molar-refractivity contribution in [1.29, 1.82) is 0 Å². The molecule has 190 valence electrons. The third kappa shape index (κ3) is 5.40. The van der Waals surface area contributed by atoms with Crippen LogP contribution in [-0.4, -0.2) is 24.5 Å². The van der Waals surface area contributed by atoms with Crippen molar-refractivity contribution in [2.24, 2.45) is 0 Å². The Hall–Kier alpha value is -3.35. The van der Waals surface area contributed by atoms with Gasteiger partial charge in [0.15, 0.2) is 0 Å². The van der Waals surface area contributed by atoms with E-state index in [1.807, 2.05) is 44.2 Å². The van der Waals surface area contributed by atoms with E-state index in [-0.39, 0.29) is 30.0 Å². The van der Waals surface area contributed by atoms with E-state index in [0.717, 1.165) is 24.1 Å². The van der Waals surface area contributed by atoms with E-state index >= 15 is 0 Å². The maximum Gasteiger partial charge on any atom is 0.416 e. The number of methoxy groups -OCH3 is 1. The van der Waals surface area contributed by atoms with Gasteiger partial charge in [-0.1, -0.05) is 50.2 Å². The zero-order valence-electron chi connectivity index (χ0n) is 20.5. The molecule has 0 N–H and O–H groups in total. The van der Waals surface area contributed by atoms with E-state index in [1.165, 1.54) is 19.2 Å². The van der Waals surface area contributed by atoms with Crippen LogP contribution in [0.1, 0.15) is 60.8 Å². The van der Waals surface area contributed by atoms with Crippen molar-refractivity contribution in [1.82, 2.24) is 4.90 Å². The molecular weight excluding hydrogens is 470 g/mol. The van der Waals surface area contributed by atoms with Crippen LogP contribution in [0.25, 0.3) is 11.1 Å². The summed E-state index contributed by atoms with van der Waals surface area (Å²) in [5.74, 6) is -0.357. The molecule has 1 unspecified atom stereocenters. The molecular formula is C29H29F4NO2. The number of alkyl halides is 3. The molecule has 3 aromatic carbocycles. The van der Waals surface area contributed by atoms with Crippen molar-refractivity contribution in [2.45, 2.75) is 51.2 Å². The van der Waals surface area contributed by atoms with E-state index in [4.69, 9.17) is 4.74 Å². The lowest BCUT2D eigenvalue weighted by Crippen LogP contribution is -2.37. The zero-order valence-corrected chi connectivity index (χ0v) is 20.5. The van der Waals surface area contributed by atoms with Gasteiger partial charge in [-0.05, 0) is 58.7 Å². The molecule has 0 aromatic heterocycles. The quantitative estimate of drug-likeness (QED) is 0.328. The molecule has 1 amide bonds. The predicted molar refractivity (Wildman–Crippen MR) is 131 cm³/mol. The lowest BCUT2D eigenvalue weighted by Gasteiger charge is -2.33. The molecule has 0 saturated carbocycles. The first-order chi connectivity index (χ1) is 17.1. The van der Waals surface area contributed by atoms with Crippen LogP contribution in [0.2, 0.25) is 0 Å². The first kappa shape index (κ1) is 25.7.